The lowest BCUT2D eigenvalue weighted by atomic mass is 9.78. The molecule has 0 unspecified atom stereocenters. The van der Waals surface area contributed by atoms with Crippen molar-refractivity contribution in [2.24, 2.45) is 17.3 Å². The van der Waals surface area contributed by atoms with Gasteiger partial charge in [0.2, 0.25) is 0 Å². The molecule has 0 heterocycles. The topological polar surface area (TPSA) is 29.5 Å². The van der Waals surface area contributed by atoms with Gasteiger partial charge in [-0.25, -0.2) is 0 Å². The van der Waals surface area contributed by atoms with Gasteiger partial charge >= 0.3 is 0 Å². The van der Waals surface area contributed by atoms with Crippen LogP contribution in [0.3, 0.4) is 0 Å². The van der Waals surface area contributed by atoms with E-state index in [1.807, 2.05) is 0 Å². The summed E-state index contributed by atoms with van der Waals surface area (Å²) in [4.78, 5) is 0. The molecule has 13 heavy (non-hydrogen) atoms. The van der Waals surface area contributed by atoms with Crippen molar-refractivity contribution >= 4 is 0 Å². The molecule has 0 spiro atoms. The van der Waals surface area contributed by atoms with Crippen LogP contribution in [0.25, 0.3) is 0 Å². The van der Waals surface area contributed by atoms with Crippen LogP contribution in [0.5, 0.6) is 0 Å². The van der Waals surface area contributed by atoms with Gasteiger partial charge in [0.05, 0.1) is 6.10 Å². The van der Waals surface area contributed by atoms with E-state index in [0.717, 1.165) is 19.4 Å². The highest BCUT2D eigenvalue weighted by molar-refractivity contribution is 4.95. The maximum atomic E-state index is 9.95. The zero-order valence-electron chi connectivity index (χ0n) is 9.21. The predicted octanol–water partition coefficient (Wildman–Crippen LogP) is 2.07. The Kier molecular flexibility index (Phi) is 3.36. The van der Waals surface area contributed by atoms with Crippen LogP contribution >= 0.6 is 0 Å². The van der Waals surface area contributed by atoms with Crippen molar-refractivity contribution in [1.82, 2.24) is 0 Å². The highest BCUT2D eigenvalue weighted by Crippen LogP contribution is 2.47. The summed E-state index contributed by atoms with van der Waals surface area (Å²) in [5.41, 5.74) is 0.0674. The lowest BCUT2D eigenvalue weighted by Gasteiger charge is -2.30. The summed E-state index contributed by atoms with van der Waals surface area (Å²) in [5.74, 6) is 1.05. The number of rotatable bonds is 3. The van der Waals surface area contributed by atoms with Gasteiger partial charge in [0, 0.05) is 13.7 Å². The molecule has 3 atom stereocenters. The monoisotopic (exact) mass is 186 g/mol. The number of ether oxygens (including phenoxy) is 1. The average Bonchev–Trinajstić information content (AvgIpc) is 2.26. The third-order valence-corrected chi connectivity index (χ3v) is 3.68. The molecule has 0 radical (unpaired) electrons. The maximum Gasteiger partial charge on any atom is 0.0619 e. The first-order valence-corrected chi connectivity index (χ1v) is 5.17. The standard InChI is InChI=1S/C11H22O2/c1-8-7-9(5-6-13-4)11(2,3)10(8)12/h8-10,12H,5-7H2,1-4H3/t8-,9-,10-/m0/s1. The van der Waals surface area contributed by atoms with E-state index in [0.29, 0.717) is 11.8 Å². The SMILES string of the molecule is COCC[C@H]1C[C@H](C)[C@H](O)C1(C)C. The Bertz CT molecular complexity index is 165. The summed E-state index contributed by atoms with van der Waals surface area (Å²) < 4.78 is 5.09. The van der Waals surface area contributed by atoms with Crippen molar-refractivity contribution in [3.63, 3.8) is 0 Å². The van der Waals surface area contributed by atoms with Gasteiger partial charge in [0.25, 0.3) is 0 Å². The summed E-state index contributed by atoms with van der Waals surface area (Å²) in [5, 5.41) is 9.95. The molecular weight excluding hydrogens is 164 g/mol. The molecule has 1 aliphatic rings. The van der Waals surface area contributed by atoms with E-state index < -0.39 is 0 Å². The third-order valence-electron chi connectivity index (χ3n) is 3.68. The molecule has 2 nitrogen and oxygen atoms in total. The zero-order chi connectivity index (χ0) is 10.1. The Morgan fingerprint density at radius 3 is 2.46 bits per heavy atom. The Balaban J connectivity index is 2.56. The van der Waals surface area contributed by atoms with E-state index in [2.05, 4.69) is 20.8 Å². The fourth-order valence-electron chi connectivity index (χ4n) is 2.61. The molecule has 0 aromatic carbocycles. The van der Waals surface area contributed by atoms with Crippen molar-refractivity contribution in [2.45, 2.75) is 39.7 Å². The predicted molar refractivity (Wildman–Crippen MR) is 53.6 cm³/mol. The first kappa shape index (κ1) is 11.0. The minimum Gasteiger partial charge on any atom is -0.392 e. The highest BCUT2D eigenvalue weighted by Gasteiger charge is 2.45. The largest absolute Gasteiger partial charge is 0.392 e. The average molecular weight is 186 g/mol. The fourth-order valence-corrected chi connectivity index (χ4v) is 2.61. The van der Waals surface area contributed by atoms with Crippen molar-refractivity contribution in [3.8, 4) is 0 Å². The normalized spacial score (nSPS) is 38.1. The summed E-state index contributed by atoms with van der Waals surface area (Å²) in [7, 11) is 1.74. The second-order valence-electron chi connectivity index (χ2n) is 4.96. The molecule has 0 aromatic heterocycles. The second-order valence-corrected chi connectivity index (χ2v) is 4.96. The van der Waals surface area contributed by atoms with Crippen LogP contribution in [0, 0.1) is 17.3 Å². The molecule has 2 heteroatoms. The van der Waals surface area contributed by atoms with Crippen LogP contribution in [0.15, 0.2) is 0 Å². The van der Waals surface area contributed by atoms with E-state index >= 15 is 0 Å². The Morgan fingerprint density at radius 1 is 1.46 bits per heavy atom. The van der Waals surface area contributed by atoms with Crippen molar-refractivity contribution in [2.75, 3.05) is 13.7 Å². The quantitative estimate of drug-likeness (QED) is 0.731. The molecule has 0 saturated heterocycles. The second kappa shape index (κ2) is 3.97. The van der Waals surface area contributed by atoms with Crippen molar-refractivity contribution in [1.29, 1.82) is 0 Å². The number of hydrogen-bond donors (Lipinski definition) is 1. The molecule has 1 fully saturated rings. The number of methoxy groups -OCH3 is 1. The Labute approximate surface area is 81.3 Å². The van der Waals surface area contributed by atoms with E-state index in [9.17, 15) is 5.11 Å². The van der Waals surface area contributed by atoms with Gasteiger partial charge in [-0.05, 0) is 30.1 Å². The zero-order valence-corrected chi connectivity index (χ0v) is 9.21. The number of aliphatic hydroxyl groups excluding tert-OH is 1. The van der Waals surface area contributed by atoms with Crippen molar-refractivity contribution < 1.29 is 9.84 Å². The van der Waals surface area contributed by atoms with E-state index in [1.54, 1.807) is 7.11 Å². The molecule has 0 amide bonds. The van der Waals surface area contributed by atoms with Gasteiger partial charge in [-0.2, -0.15) is 0 Å². The Hall–Kier alpha value is -0.0800. The van der Waals surface area contributed by atoms with Crippen LogP contribution in [-0.2, 0) is 4.74 Å². The van der Waals surface area contributed by atoms with Crippen LogP contribution < -0.4 is 0 Å². The summed E-state index contributed by atoms with van der Waals surface area (Å²) >= 11 is 0. The van der Waals surface area contributed by atoms with E-state index in [1.165, 1.54) is 0 Å². The van der Waals surface area contributed by atoms with Crippen LogP contribution in [0.4, 0.5) is 0 Å². The van der Waals surface area contributed by atoms with Crippen LogP contribution in [0.2, 0.25) is 0 Å². The Morgan fingerprint density at radius 2 is 2.08 bits per heavy atom. The fraction of sp³-hybridized carbons (Fsp3) is 1.00. The van der Waals surface area contributed by atoms with Gasteiger partial charge in [0.15, 0.2) is 0 Å². The lowest BCUT2D eigenvalue weighted by molar-refractivity contribution is 0.0267. The third kappa shape index (κ3) is 2.05. The molecule has 0 bridgehead atoms. The number of hydrogen-bond acceptors (Lipinski definition) is 2. The summed E-state index contributed by atoms with van der Waals surface area (Å²) in [6.45, 7) is 7.29. The van der Waals surface area contributed by atoms with Crippen molar-refractivity contribution in [3.05, 3.63) is 0 Å². The maximum absolute atomic E-state index is 9.95. The molecule has 0 aliphatic heterocycles. The molecule has 0 aromatic rings. The molecule has 1 aliphatic carbocycles. The highest BCUT2D eigenvalue weighted by atomic mass is 16.5. The first-order valence-electron chi connectivity index (χ1n) is 5.17. The number of aliphatic hydroxyl groups is 1. The summed E-state index contributed by atoms with van der Waals surface area (Å²) in [6.07, 6.45) is 2.07. The van der Waals surface area contributed by atoms with E-state index in [4.69, 9.17) is 4.74 Å². The van der Waals surface area contributed by atoms with Crippen LogP contribution in [0.1, 0.15) is 33.6 Å². The smallest absolute Gasteiger partial charge is 0.0619 e. The van der Waals surface area contributed by atoms with Gasteiger partial charge in [0.1, 0.15) is 0 Å². The van der Waals surface area contributed by atoms with Gasteiger partial charge in [-0.3, -0.25) is 0 Å². The minimum atomic E-state index is -0.144. The molecule has 1 rings (SSSR count). The lowest BCUT2D eigenvalue weighted by Crippen LogP contribution is -2.31. The van der Waals surface area contributed by atoms with E-state index in [-0.39, 0.29) is 11.5 Å². The minimum absolute atomic E-state index is 0.0674. The van der Waals surface area contributed by atoms with Gasteiger partial charge < -0.3 is 9.84 Å². The molecule has 1 N–H and O–H groups in total. The van der Waals surface area contributed by atoms with Gasteiger partial charge in [-0.1, -0.05) is 20.8 Å². The molecular formula is C11H22O2. The summed E-state index contributed by atoms with van der Waals surface area (Å²) in [6, 6.07) is 0. The molecule has 78 valence electrons. The van der Waals surface area contributed by atoms with Gasteiger partial charge in [-0.15, -0.1) is 0 Å². The molecule has 1 saturated carbocycles. The van der Waals surface area contributed by atoms with Crippen LogP contribution in [-0.4, -0.2) is 24.9 Å². The first-order chi connectivity index (χ1) is 6.00.